The van der Waals surface area contributed by atoms with E-state index in [1.807, 2.05) is 6.07 Å². The Morgan fingerprint density at radius 3 is 2.82 bits per heavy atom. The van der Waals surface area contributed by atoms with Crippen molar-refractivity contribution < 1.29 is 0 Å². The summed E-state index contributed by atoms with van der Waals surface area (Å²) in [7, 11) is 0. The second-order valence-corrected chi connectivity index (χ2v) is 6.35. The maximum atomic E-state index is 5.99. The van der Waals surface area contributed by atoms with Crippen LogP contribution in [0.4, 0.5) is 5.69 Å². The first-order chi connectivity index (χ1) is 8.15. The lowest BCUT2D eigenvalue weighted by Gasteiger charge is -2.18. The van der Waals surface area contributed by atoms with E-state index in [1.54, 1.807) is 0 Å². The molecule has 0 aliphatic heterocycles. The van der Waals surface area contributed by atoms with Crippen molar-refractivity contribution in [3.8, 4) is 0 Å². The van der Waals surface area contributed by atoms with Crippen LogP contribution >= 0.6 is 27.5 Å². The van der Waals surface area contributed by atoms with Gasteiger partial charge in [-0.3, -0.25) is 0 Å². The Hall–Kier alpha value is -0.210. The fourth-order valence-electron chi connectivity index (χ4n) is 2.45. The van der Waals surface area contributed by atoms with E-state index in [-0.39, 0.29) is 0 Å². The van der Waals surface area contributed by atoms with Crippen LogP contribution in [0.15, 0.2) is 22.7 Å². The zero-order chi connectivity index (χ0) is 12.3. The van der Waals surface area contributed by atoms with E-state index in [4.69, 9.17) is 11.6 Å². The minimum Gasteiger partial charge on any atom is -0.382 e. The lowest BCUT2D eigenvalue weighted by molar-refractivity contribution is 0.502. The number of anilines is 1. The molecule has 1 fully saturated rings. The average molecular weight is 317 g/mol. The van der Waals surface area contributed by atoms with Crippen LogP contribution in [0.5, 0.6) is 0 Å². The molecule has 2 unspecified atom stereocenters. The Morgan fingerprint density at radius 1 is 1.24 bits per heavy atom. The van der Waals surface area contributed by atoms with Gasteiger partial charge in [0, 0.05) is 16.2 Å². The van der Waals surface area contributed by atoms with Crippen LogP contribution in [0, 0.1) is 5.92 Å². The highest BCUT2D eigenvalue weighted by molar-refractivity contribution is 9.10. The van der Waals surface area contributed by atoms with Gasteiger partial charge < -0.3 is 5.32 Å². The van der Waals surface area contributed by atoms with E-state index < -0.39 is 0 Å². The standard InChI is InChI=1S/C14H19BrClN/c1-10-3-2-4-11(6-5-10)17-12-7-8-14(16)13(15)9-12/h7-11,17H,2-6H2,1H3. The molecule has 0 heterocycles. The minimum atomic E-state index is 0.619. The summed E-state index contributed by atoms with van der Waals surface area (Å²) in [4.78, 5) is 0. The maximum absolute atomic E-state index is 5.99. The zero-order valence-electron chi connectivity index (χ0n) is 10.2. The molecule has 94 valence electrons. The van der Waals surface area contributed by atoms with Crippen molar-refractivity contribution in [3.05, 3.63) is 27.7 Å². The van der Waals surface area contributed by atoms with Crippen molar-refractivity contribution in [2.24, 2.45) is 5.92 Å². The smallest absolute Gasteiger partial charge is 0.0549 e. The van der Waals surface area contributed by atoms with Gasteiger partial charge in [0.15, 0.2) is 0 Å². The summed E-state index contributed by atoms with van der Waals surface area (Å²) >= 11 is 9.46. The molecule has 0 radical (unpaired) electrons. The summed E-state index contributed by atoms with van der Waals surface area (Å²) in [5, 5.41) is 4.39. The fourth-order valence-corrected chi connectivity index (χ4v) is 2.95. The first-order valence-electron chi connectivity index (χ1n) is 6.37. The summed E-state index contributed by atoms with van der Waals surface area (Å²) in [6.07, 6.45) is 6.62. The molecular formula is C14H19BrClN. The molecule has 1 aromatic rings. The minimum absolute atomic E-state index is 0.619. The van der Waals surface area contributed by atoms with Crippen LogP contribution in [0.1, 0.15) is 39.0 Å². The van der Waals surface area contributed by atoms with Gasteiger partial charge in [0.05, 0.1) is 5.02 Å². The van der Waals surface area contributed by atoms with E-state index in [0.717, 1.165) is 15.4 Å². The number of benzene rings is 1. The van der Waals surface area contributed by atoms with Crippen molar-refractivity contribution in [3.63, 3.8) is 0 Å². The van der Waals surface area contributed by atoms with Gasteiger partial charge in [0.2, 0.25) is 0 Å². The van der Waals surface area contributed by atoms with Gasteiger partial charge in [0.1, 0.15) is 0 Å². The van der Waals surface area contributed by atoms with Crippen LogP contribution in [-0.4, -0.2) is 6.04 Å². The number of hydrogen-bond acceptors (Lipinski definition) is 1. The SMILES string of the molecule is CC1CCCC(Nc2ccc(Cl)c(Br)c2)CC1. The molecule has 0 bridgehead atoms. The summed E-state index contributed by atoms with van der Waals surface area (Å²) in [6, 6.07) is 6.68. The third-order valence-electron chi connectivity index (χ3n) is 3.55. The van der Waals surface area contributed by atoms with E-state index >= 15 is 0 Å². The summed E-state index contributed by atoms with van der Waals surface area (Å²) < 4.78 is 0.964. The van der Waals surface area contributed by atoms with E-state index in [2.05, 4.69) is 40.3 Å². The molecule has 1 nitrogen and oxygen atoms in total. The molecule has 1 aliphatic carbocycles. The van der Waals surface area contributed by atoms with Crippen molar-refractivity contribution in [1.82, 2.24) is 0 Å². The highest BCUT2D eigenvalue weighted by Crippen LogP contribution is 2.28. The Morgan fingerprint density at radius 2 is 2.06 bits per heavy atom. The molecule has 2 atom stereocenters. The molecule has 0 spiro atoms. The number of nitrogens with one attached hydrogen (secondary N) is 1. The van der Waals surface area contributed by atoms with Gasteiger partial charge in [0.25, 0.3) is 0 Å². The Kier molecular flexibility index (Phi) is 4.75. The highest BCUT2D eigenvalue weighted by Gasteiger charge is 2.16. The monoisotopic (exact) mass is 315 g/mol. The largest absolute Gasteiger partial charge is 0.382 e. The van der Waals surface area contributed by atoms with Crippen LogP contribution in [0.3, 0.4) is 0 Å². The maximum Gasteiger partial charge on any atom is 0.0549 e. The molecule has 1 aliphatic rings. The normalized spacial score (nSPS) is 25.4. The first kappa shape index (κ1) is 13.2. The molecule has 1 aromatic carbocycles. The summed E-state index contributed by atoms with van der Waals surface area (Å²) in [6.45, 7) is 2.36. The third-order valence-corrected chi connectivity index (χ3v) is 4.76. The molecule has 2 rings (SSSR count). The van der Waals surface area contributed by atoms with Gasteiger partial charge >= 0.3 is 0 Å². The Bertz CT molecular complexity index is 380. The number of hydrogen-bond donors (Lipinski definition) is 1. The Balaban J connectivity index is 1.97. The third kappa shape index (κ3) is 3.89. The second-order valence-electron chi connectivity index (χ2n) is 5.08. The topological polar surface area (TPSA) is 12.0 Å². The second kappa shape index (κ2) is 6.10. The Labute approximate surface area is 117 Å². The lowest BCUT2D eigenvalue weighted by Crippen LogP contribution is -2.18. The van der Waals surface area contributed by atoms with E-state index in [9.17, 15) is 0 Å². The molecule has 1 N–H and O–H groups in total. The number of halogens is 2. The first-order valence-corrected chi connectivity index (χ1v) is 7.54. The molecule has 17 heavy (non-hydrogen) atoms. The van der Waals surface area contributed by atoms with Crippen molar-refractivity contribution in [1.29, 1.82) is 0 Å². The molecule has 1 saturated carbocycles. The zero-order valence-corrected chi connectivity index (χ0v) is 12.5. The quantitative estimate of drug-likeness (QED) is 0.712. The van der Waals surface area contributed by atoms with Gasteiger partial charge in [-0.05, 0) is 59.3 Å². The van der Waals surface area contributed by atoms with Crippen molar-refractivity contribution in [2.45, 2.75) is 45.1 Å². The lowest BCUT2D eigenvalue weighted by atomic mass is 10.0. The van der Waals surface area contributed by atoms with Crippen LogP contribution < -0.4 is 5.32 Å². The molecule has 3 heteroatoms. The molecular weight excluding hydrogens is 298 g/mol. The van der Waals surface area contributed by atoms with E-state index in [1.165, 1.54) is 37.8 Å². The van der Waals surface area contributed by atoms with Crippen molar-refractivity contribution >= 4 is 33.2 Å². The van der Waals surface area contributed by atoms with Crippen LogP contribution in [0.2, 0.25) is 5.02 Å². The summed E-state index contributed by atoms with van der Waals surface area (Å²) in [5.74, 6) is 0.888. The molecule has 0 saturated heterocycles. The van der Waals surface area contributed by atoms with E-state index in [0.29, 0.717) is 6.04 Å². The summed E-state index contributed by atoms with van der Waals surface area (Å²) in [5.41, 5.74) is 1.17. The van der Waals surface area contributed by atoms with Gasteiger partial charge in [-0.15, -0.1) is 0 Å². The van der Waals surface area contributed by atoms with Crippen LogP contribution in [0.25, 0.3) is 0 Å². The predicted octanol–water partition coefficient (Wildman–Crippen LogP) is 5.48. The predicted molar refractivity (Wildman–Crippen MR) is 78.8 cm³/mol. The fraction of sp³-hybridized carbons (Fsp3) is 0.571. The van der Waals surface area contributed by atoms with Crippen molar-refractivity contribution in [2.75, 3.05) is 5.32 Å². The van der Waals surface area contributed by atoms with Gasteiger partial charge in [-0.1, -0.05) is 31.4 Å². The molecule has 0 amide bonds. The number of rotatable bonds is 2. The van der Waals surface area contributed by atoms with Gasteiger partial charge in [-0.25, -0.2) is 0 Å². The van der Waals surface area contributed by atoms with Gasteiger partial charge in [-0.2, -0.15) is 0 Å². The van der Waals surface area contributed by atoms with Crippen LogP contribution in [-0.2, 0) is 0 Å². The average Bonchev–Trinajstić information content (AvgIpc) is 2.49. The molecule has 0 aromatic heterocycles. The highest BCUT2D eigenvalue weighted by atomic mass is 79.9.